The average Bonchev–Trinajstić information content (AvgIpc) is 2.48. The quantitative estimate of drug-likeness (QED) is 0.802. The first-order valence-corrected chi connectivity index (χ1v) is 4.63. The standard InChI is InChI=1S/C9H12F4N2O/c1-5-7(6(2)16-15-5)3-14-4-9(12,13)8(10)11/h8,14H,3-4H2,1-2H3. The second-order valence-corrected chi connectivity index (χ2v) is 3.47. The third kappa shape index (κ3) is 2.94. The Morgan fingerprint density at radius 1 is 1.38 bits per heavy atom. The molecule has 0 fully saturated rings. The Balaban J connectivity index is 2.48. The van der Waals surface area contributed by atoms with Crippen molar-refractivity contribution in [3.63, 3.8) is 0 Å². The van der Waals surface area contributed by atoms with E-state index in [1.165, 1.54) is 0 Å². The molecule has 0 radical (unpaired) electrons. The van der Waals surface area contributed by atoms with Crippen LogP contribution in [-0.4, -0.2) is 24.0 Å². The van der Waals surface area contributed by atoms with E-state index in [1.807, 2.05) is 0 Å². The van der Waals surface area contributed by atoms with Crippen LogP contribution >= 0.6 is 0 Å². The topological polar surface area (TPSA) is 38.1 Å². The number of rotatable bonds is 5. The van der Waals surface area contributed by atoms with Crippen molar-refractivity contribution in [1.29, 1.82) is 0 Å². The van der Waals surface area contributed by atoms with Crippen molar-refractivity contribution in [2.75, 3.05) is 6.54 Å². The van der Waals surface area contributed by atoms with Gasteiger partial charge in [0.25, 0.3) is 0 Å². The Morgan fingerprint density at radius 2 is 2.00 bits per heavy atom. The molecule has 92 valence electrons. The molecule has 1 aromatic rings. The van der Waals surface area contributed by atoms with E-state index in [2.05, 4.69) is 10.5 Å². The average molecular weight is 240 g/mol. The molecule has 0 aliphatic carbocycles. The number of hydrogen-bond acceptors (Lipinski definition) is 3. The molecule has 3 nitrogen and oxygen atoms in total. The number of aryl methyl sites for hydroxylation is 2. The van der Waals surface area contributed by atoms with Gasteiger partial charge in [-0.1, -0.05) is 5.16 Å². The molecule has 0 unspecified atom stereocenters. The molecule has 1 heterocycles. The van der Waals surface area contributed by atoms with Crippen LogP contribution in [0.5, 0.6) is 0 Å². The highest BCUT2D eigenvalue weighted by Gasteiger charge is 2.40. The molecule has 1 rings (SSSR count). The molecular weight excluding hydrogens is 228 g/mol. The van der Waals surface area contributed by atoms with Gasteiger partial charge in [-0.3, -0.25) is 0 Å². The molecule has 0 spiro atoms. The Hall–Kier alpha value is -1.11. The minimum atomic E-state index is -4.01. The van der Waals surface area contributed by atoms with E-state index in [4.69, 9.17) is 4.52 Å². The number of alkyl halides is 4. The predicted molar refractivity (Wildman–Crippen MR) is 48.6 cm³/mol. The van der Waals surface area contributed by atoms with Gasteiger partial charge < -0.3 is 9.84 Å². The lowest BCUT2D eigenvalue weighted by molar-refractivity contribution is -0.125. The molecule has 0 bridgehead atoms. The summed E-state index contributed by atoms with van der Waals surface area (Å²) in [7, 11) is 0. The van der Waals surface area contributed by atoms with Crippen molar-refractivity contribution < 1.29 is 22.1 Å². The van der Waals surface area contributed by atoms with Gasteiger partial charge in [0.2, 0.25) is 0 Å². The van der Waals surface area contributed by atoms with E-state index in [1.54, 1.807) is 13.8 Å². The maximum atomic E-state index is 12.5. The number of halogens is 4. The lowest BCUT2D eigenvalue weighted by atomic mass is 10.2. The van der Waals surface area contributed by atoms with Crippen LogP contribution in [0.2, 0.25) is 0 Å². The van der Waals surface area contributed by atoms with E-state index in [9.17, 15) is 17.6 Å². The van der Waals surface area contributed by atoms with Crippen molar-refractivity contribution in [2.45, 2.75) is 32.7 Å². The van der Waals surface area contributed by atoms with Crippen LogP contribution in [0, 0.1) is 13.8 Å². The first kappa shape index (κ1) is 13.0. The highest BCUT2D eigenvalue weighted by Crippen LogP contribution is 2.21. The molecule has 0 aliphatic heterocycles. The zero-order valence-corrected chi connectivity index (χ0v) is 8.86. The van der Waals surface area contributed by atoms with Crippen molar-refractivity contribution in [2.24, 2.45) is 0 Å². The zero-order chi connectivity index (χ0) is 12.3. The zero-order valence-electron chi connectivity index (χ0n) is 8.86. The largest absolute Gasteiger partial charge is 0.361 e. The number of aromatic nitrogens is 1. The third-order valence-corrected chi connectivity index (χ3v) is 2.16. The first-order valence-electron chi connectivity index (χ1n) is 4.63. The van der Waals surface area contributed by atoms with Gasteiger partial charge in [-0.15, -0.1) is 0 Å². The molecule has 0 aromatic carbocycles. The summed E-state index contributed by atoms with van der Waals surface area (Å²) in [5, 5.41) is 5.88. The summed E-state index contributed by atoms with van der Waals surface area (Å²) in [5.41, 5.74) is 1.18. The van der Waals surface area contributed by atoms with Crippen LogP contribution in [0.25, 0.3) is 0 Å². The molecule has 0 amide bonds. The van der Waals surface area contributed by atoms with Crippen LogP contribution in [0.3, 0.4) is 0 Å². The maximum absolute atomic E-state index is 12.5. The van der Waals surface area contributed by atoms with Crippen LogP contribution in [0.4, 0.5) is 17.6 Å². The van der Waals surface area contributed by atoms with Crippen molar-refractivity contribution in [1.82, 2.24) is 10.5 Å². The Bertz CT molecular complexity index is 332. The summed E-state index contributed by atoms with van der Waals surface area (Å²) in [6.45, 7) is 2.24. The Morgan fingerprint density at radius 3 is 2.44 bits per heavy atom. The summed E-state index contributed by atoms with van der Waals surface area (Å²) in [4.78, 5) is 0. The van der Waals surface area contributed by atoms with Gasteiger partial charge in [0, 0.05) is 12.1 Å². The van der Waals surface area contributed by atoms with Crippen LogP contribution in [0.1, 0.15) is 17.0 Å². The Kier molecular flexibility index (Phi) is 3.90. The number of hydrogen-bond donors (Lipinski definition) is 1. The minimum absolute atomic E-state index is 0.0312. The fourth-order valence-corrected chi connectivity index (χ4v) is 1.19. The second kappa shape index (κ2) is 4.82. The highest BCUT2D eigenvalue weighted by molar-refractivity contribution is 5.20. The van der Waals surface area contributed by atoms with E-state index in [0.29, 0.717) is 17.0 Å². The smallest absolute Gasteiger partial charge is 0.319 e. The number of nitrogens with one attached hydrogen (secondary N) is 1. The van der Waals surface area contributed by atoms with Crippen molar-refractivity contribution >= 4 is 0 Å². The Labute approximate surface area is 89.8 Å². The van der Waals surface area contributed by atoms with Gasteiger partial charge in [0.1, 0.15) is 5.76 Å². The maximum Gasteiger partial charge on any atom is 0.319 e. The van der Waals surface area contributed by atoms with Crippen molar-refractivity contribution in [3.8, 4) is 0 Å². The fourth-order valence-electron chi connectivity index (χ4n) is 1.19. The summed E-state index contributed by atoms with van der Waals surface area (Å²) < 4.78 is 53.5. The summed E-state index contributed by atoms with van der Waals surface area (Å²) in [6.07, 6.45) is -3.66. The monoisotopic (exact) mass is 240 g/mol. The van der Waals surface area contributed by atoms with Gasteiger partial charge in [-0.05, 0) is 13.8 Å². The van der Waals surface area contributed by atoms with Gasteiger partial charge in [-0.2, -0.15) is 8.78 Å². The van der Waals surface area contributed by atoms with Crippen molar-refractivity contribution in [3.05, 3.63) is 17.0 Å². The highest BCUT2D eigenvalue weighted by atomic mass is 19.3. The van der Waals surface area contributed by atoms with Gasteiger partial charge in [0.15, 0.2) is 0 Å². The molecular formula is C9H12F4N2O. The lowest BCUT2D eigenvalue weighted by Gasteiger charge is -2.15. The van der Waals surface area contributed by atoms with E-state index in [0.717, 1.165) is 0 Å². The lowest BCUT2D eigenvalue weighted by Crippen LogP contribution is -2.38. The van der Waals surface area contributed by atoms with Crippen LogP contribution < -0.4 is 5.32 Å². The van der Waals surface area contributed by atoms with Gasteiger partial charge >= 0.3 is 12.3 Å². The molecule has 0 saturated carbocycles. The summed E-state index contributed by atoms with van der Waals surface area (Å²) in [6, 6.07) is 0. The normalized spacial score (nSPS) is 12.4. The summed E-state index contributed by atoms with van der Waals surface area (Å²) in [5.74, 6) is -3.52. The van der Waals surface area contributed by atoms with E-state index >= 15 is 0 Å². The molecule has 0 saturated heterocycles. The summed E-state index contributed by atoms with van der Waals surface area (Å²) >= 11 is 0. The molecule has 0 aliphatic rings. The molecule has 0 atom stereocenters. The predicted octanol–water partition coefficient (Wildman–Crippen LogP) is 2.28. The molecule has 1 N–H and O–H groups in total. The molecule has 7 heteroatoms. The molecule has 16 heavy (non-hydrogen) atoms. The number of nitrogens with zero attached hydrogens (tertiary/aromatic N) is 1. The van der Waals surface area contributed by atoms with Gasteiger partial charge in [0.05, 0.1) is 12.2 Å². The second-order valence-electron chi connectivity index (χ2n) is 3.47. The molecule has 1 aromatic heterocycles. The van der Waals surface area contributed by atoms with Gasteiger partial charge in [-0.25, -0.2) is 8.78 Å². The SMILES string of the molecule is Cc1noc(C)c1CNCC(F)(F)C(F)F. The first-order chi connectivity index (χ1) is 7.34. The van der Waals surface area contributed by atoms with E-state index in [-0.39, 0.29) is 6.54 Å². The third-order valence-electron chi connectivity index (χ3n) is 2.16. The van der Waals surface area contributed by atoms with E-state index < -0.39 is 18.9 Å². The minimum Gasteiger partial charge on any atom is -0.361 e. The van der Waals surface area contributed by atoms with Crippen LogP contribution in [0.15, 0.2) is 4.52 Å². The fraction of sp³-hybridized carbons (Fsp3) is 0.667. The van der Waals surface area contributed by atoms with Crippen LogP contribution in [-0.2, 0) is 6.54 Å².